The normalized spacial score (nSPS) is 9.70. The number of hydrogen-bond donors (Lipinski definition) is 2. The first-order valence-electron chi connectivity index (χ1n) is 5.86. The van der Waals surface area contributed by atoms with E-state index >= 15 is 0 Å². The van der Waals surface area contributed by atoms with Gasteiger partial charge in [0, 0.05) is 20.9 Å². The highest BCUT2D eigenvalue weighted by molar-refractivity contribution is 9.10. The zero-order valence-corrected chi connectivity index (χ0v) is 12.9. The maximum absolute atomic E-state index is 12.1. The number of nitrogens with one attached hydrogen (secondary N) is 1. The molecule has 0 atom stereocenters. The number of pyridine rings is 1. The lowest BCUT2D eigenvalue weighted by molar-refractivity contribution is 0.0946. The maximum atomic E-state index is 12.1. The fraction of sp³-hybridized carbons (Fsp3) is 0.143. The number of rotatable bonds is 3. The van der Waals surface area contributed by atoms with Gasteiger partial charge in [-0.2, -0.15) is 0 Å². The molecule has 2 heterocycles. The van der Waals surface area contributed by atoms with Crippen molar-refractivity contribution in [3.8, 4) is 11.8 Å². The number of aromatic nitrogens is 1. The number of amides is 1. The molecule has 1 amide bonds. The average molecular weight is 350 g/mol. The Balaban J connectivity index is 2.09. The predicted octanol–water partition coefficient (Wildman–Crippen LogP) is 2.15. The van der Waals surface area contributed by atoms with Crippen LogP contribution in [0, 0.1) is 11.8 Å². The summed E-state index contributed by atoms with van der Waals surface area (Å²) in [7, 11) is 0. The van der Waals surface area contributed by atoms with E-state index in [-0.39, 0.29) is 12.5 Å². The lowest BCUT2D eigenvalue weighted by atomic mass is 10.2. The summed E-state index contributed by atoms with van der Waals surface area (Å²) in [5.74, 6) is 5.34. The second-order valence-corrected chi connectivity index (χ2v) is 5.73. The van der Waals surface area contributed by atoms with E-state index < -0.39 is 0 Å². The van der Waals surface area contributed by atoms with Crippen LogP contribution in [0.15, 0.2) is 34.2 Å². The molecule has 2 aromatic heterocycles. The first kappa shape index (κ1) is 14.7. The molecule has 0 unspecified atom stereocenters. The molecule has 0 aliphatic carbocycles. The Kier molecular flexibility index (Phi) is 5.30. The van der Waals surface area contributed by atoms with Gasteiger partial charge < -0.3 is 11.1 Å². The molecule has 102 valence electrons. The zero-order valence-electron chi connectivity index (χ0n) is 10.5. The van der Waals surface area contributed by atoms with Gasteiger partial charge in [0.05, 0.1) is 18.7 Å². The minimum atomic E-state index is -0.239. The van der Waals surface area contributed by atoms with Crippen LogP contribution < -0.4 is 11.1 Å². The van der Waals surface area contributed by atoms with Gasteiger partial charge >= 0.3 is 0 Å². The number of hydrogen-bond acceptors (Lipinski definition) is 4. The molecule has 0 radical (unpaired) electrons. The Morgan fingerprint density at radius 1 is 1.55 bits per heavy atom. The van der Waals surface area contributed by atoms with E-state index in [9.17, 15) is 4.79 Å². The van der Waals surface area contributed by atoms with Gasteiger partial charge in [0.2, 0.25) is 0 Å². The zero-order chi connectivity index (χ0) is 14.4. The topological polar surface area (TPSA) is 68.0 Å². The van der Waals surface area contributed by atoms with E-state index in [4.69, 9.17) is 5.73 Å². The number of carbonyl (C=O) groups is 1. The van der Waals surface area contributed by atoms with Crippen molar-refractivity contribution in [2.24, 2.45) is 5.73 Å². The molecular weight excluding hydrogens is 338 g/mol. The van der Waals surface area contributed by atoms with E-state index in [0.29, 0.717) is 17.8 Å². The molecule has 0 aliphatic heterocycles. The van der Waals surface area contributed by atoms with E-state index in [1.165, 1.54) is 0 Å². The Hall–Kier alpha value is -1.68. The van der Waals surface area contributed by atoms with Gasteiger partial charge in [-0.25, -0.2) is 4.98 Å². The van der Waals surface area contributed by atoms with Crippen LogP contribution in [0.4, 0.5) is 0 Å². The van der Waals surface area contributed by atoms with Gasteiger partial charge in [-0.3, -0.25) is 4.79 Å². The highest BCUT2D eigenvalue weighted by Gasteiger charge is 2.11. The van der Waals surface area contributed by atoms with Gasteiger partial charge in [-0.05, 0) is 34.1 Å². The first-order valence-corrected chi connectivity index (χ1v) is 7.53. The average Bonchev–Trinajstić information content (AvgIpc) is 2.88. The molecule has 0 bridgehead atoms. The molecule has 2 aromatic rings. The summed E-state index contributed by atoms with van der Waals surface area (Å²) in [6.45, 7) is 0.717. The van der Waals surface area contributed by atoms with Crippen LogP contribution in [0.3, 0.4) is 0 Å². The van der Waals surface area contributed by atoms with Crippen LogP contribution >= 0.6 is 27.3 Å². The van der Waals surface area contributed by atoms with E-state index in [1.54, 1.807) is 29.7 Å². The minimum absolute atomic E-state index is 0.239. The molecule has 2 rings (SSSR count). The summed E-state index contributed by atoms with van der Waals surface area (Å²) in [6, 6.07) is 5.47. The lowest BCUT2D eigenvalue weighted by Crippen LogP contribution is -2.24. The van der Waals surface area contributed by atoms with Crippen LogP contribution in [0.25, 0.3) is 0 Å². The molecule has 0 saturated heterocycles. The molecule has 20 heavy (non-hydrogen) atoms. The Morgan fingerprint density at radius 3 is 3.10 bits per heavy atom. The molecule has 0 fully saturated rings. The number of carbonyl (C=O) groups excluding carboxylic acids is 1. The molecular formula is C14H12BrN3OS. The Morgan fingerprint density at radius 2 is 2.40 bits per heavy atom. The fourth-order valence-corrected chi connectivity index (χ4v) is 2.92. The molecule has 0 aromatic carbocycles. The lowest BCUT2D eigenvalue weighted by Gasteiger charge is -2.04. The largest absolute Gasteiger partial charge is 0.346 e. The van der Waals surface area contributed by atoms with Crippen LogP contribution in [0.1, 0.15) is 20.9 Å². The third-order valence-corrected chi connectivity index (χ3v) is 4.09. The van der Waals surface area contributed by atoms with Crippen molar-refractivity contribution in [2.45, 2.75) is 6.54 Å². The quantitative estimate of drug-likeness (QED) is 0.834. The molecule has 0 aliphatic rings. The summed E-state index contributed by atoms with van der Waals surface area (Å²) in [4.78, 5) is 17.3. The predicted molar refractivity (Wildman–Crippen MR) is 83.4 cm³/mol. The van der Waals surface area contributed by atoms with Crippen molar-refractivity contribution in [1.29, 1.82) is 0 Å². The first-order chi connectivity index (χ1) is 9.70. The monoisotopic (exact) mass is 349 g/mol. The standard InChI is InChI=1S/C14H12BrN3OS/c15-11-7-12(20-9-11)8-18-14(19)13-10(3-1-5-16)4-2-6-17-13/h2,4,6-7,9H,5,8,16H2,(H,18,19). The van der Waals surface area contributed by atoms with Crippen LogP contribution in [0.2, 0.25) is 0 Å². The number of nitrogens with zero attached hydrogens (tertiary/aromatic N) is 1. The number of thiophene rings is 1. The fourth-order valence-electron chi connectivity index (χ4n) is 1.53. The summed E-state index contributed by atoms with van der Waals surface area (Å²) < 4.78 is 1.01. The van der Waals surface area contributed by atoms with E-state index in [2.05, 4.69) is 38.1 Å². The van der Waals surface area contributed by atoms with Crippen LogP contribution in [0.5, 0.6) is 0 Å². The molecule has 6 heteroatoms. The van der Waals surface area contributed by atoms with Crippen LogP contribution in [-0.2, 0) is 6.54 Å². The summed E-state index contributed by atoms with van der Waals surface area (Å²) in [6.07, 6.45) is 1.57. The van der Waals surface area contributed by atoms with Gasteiger partial charge in [-0.15, -0.1) is 11.3 Å². The van der Waals surface area contributed by atoms with Gasteiger partial charge in [0.25, 0.3) is 5.91 Å². The molecule has 0 spiro atoms. The van der Waals surface area contributed by atoms with Gasteiger partial charge in [-0.1, -0.05) is 11.8 Å². The number of halogens is 1. The summed E-state index contributed by atoms with van der Waals surface area (Å²) in [5, 5.41) is 4.81. The third-order valence-electron chi connectivity index (χ3n) is 2.39. The summed E-state index contributed by atoms with van der Waals surface area (Å²) >= 11 is 4.96. The van der Waals surface area contributed by atoms with Crippen LogP contribution in [-0.4, -0.2) is 17.4 Å². The summed E-state index contributed by atoms with van der Waals surface area (Å²) in [5.41, 5.74) is 6.25. The van der Waals surface area contributed by atoms with Crippen molar-refractivity contribution in [1.82, 2.24) is 10.3 Å². The highest BCUT2D eigenvalue weighted by atomic mass is 79.9. The number of nitrogens with two attached hydrogens (primary N) is 1. The smallest absolute Gasteiger partial charge is 0.271 e. The molecule has 0 saturated carbocycles. The van der Waals surface area contributed by atoms with Crippen molar-refractivity contribution in [3.63, 3.8) is 0 Å². The van der Waals surface area contributed by atoms with Crippen molar-refractivity contribution in [3.05, 3.63) is 50.4 Å². The van der Waals surface area contributed by atoms with E-state index in [1.807, 2.05) is 11.4 Å². The van der Waals surface area contributed by atoms with Gasteiger partial charge in [0.15, 0.2) is 0 Å². The minimum Gasteiger partial charge on any atom is -0.346 e. The second-order valence-electron chi connectivity index (χ2n) is 3.82. The third kappa shape index (κ3) is 3.90. The SMILES string of the molecule is NCC#Cc1cccnc1C(=O)NCc1cc(Br)cs1. The second kappa shape index (κ2) is 7.20. The molecule has 4 nitrogen and oxygen atoms in total. The van der Waals surface area contributed by atoms with Crippen molar-refractivity contribution in [2.75, 3.05) is 6.54 Å². The van der Waals surface area contributed by atoms with Crippen molar-refractivity contribution < 1.29 is 4.79 Å². The highest BCUT2D eigenvalue weighted by Crippen LogP contribution is 2.19. The maximum Gasteiger partial charge on any atom is 0.271 e. The Labute approximate surface area is 129 Å². The van der Waals surface area contributed by atoms with Crippen molar-refractivity contribution >= 4 is 33.2 Å². The van der Waals surface area contributed by atoms with E-state index in [0.717, 1.165) is 9.35 Å². The Bertz CT molecular complexity index is 672. The van der Waals surface area contributed by atoms with Gasteiger partial charge in [0.1, 0.15) is 5.69 Å². The molecule has 3 N–H and O–H groups in total.